The molecule has 0 saturated heterocycles. The summed E-state index contributed by atoms with van der Waals surface area (Å²) in [5.41, 5.74) is -0.306. The largest absolute Gasteiger partial charge is 0.422 e. The minimum absolute atomic E-state index is 0.00177. The van der Waals surface area contributed by atoms with Crippen molar-refractivity contribution in [3.05, 3.63) is 24.3 Å². The number of ether oxygens (including phenoxy) is 2. The van der Waals surface area contributed by atoms with Crippen molar-refractivity contribution in [1.29, 1.82) is 0 Å². The second kappa shape index (κ2) is 6.11. The zero-order valence-electron chi connectivity index (χ0n) is 15.1. The predicted molar refractivity (Wildman–Crippen MR) is 95.7 cm³/mol. The fourth-order valence-electron chi connectivity index (χ4n) is 6.02. The molecule has 5 fully saturated rings. The van der Waals surface area contributed by atoms with E-state index in [1.54, 1.807) is 12.1 Å². The molecule has 5 saturated carbocycles. The third-order valence-corrected chi connectivity index (χ3v) is 7.17. The van der Waals surface area contributed by atoms with Crippen molar-refractivity contribution in [2.24, 2.45) is 29.1 Å². The van der Waals surface area contributed by atoms with Gasteiger partial charge in [0.15, 0.2) is 11.5 Å². The van der Waals surface area contributed by atoms with Crippen molar-refractivity contribution in [1.82, 2.24) is 0 Å². The van der Waals surface area contributed by atoms with E-state index in [0.717, 1.165) is 38.5 Å². The average Bonchev–Trinajstić information content (AvgIpc) is 2.53. The molecule has 0 aromatic heterocycles. The van der Waals surface area contributed by atoms with Gasteiger partial charge in [0, 0.05) is 0 Å². The maximum Gasteiger partial charge on any atom is 0.317 e. The first-order valence-electron chi connectivity index (χ1n) is 10.1. The molecule has 0 heterocycles. The van der Waals surface area contributed by atoms with Gasteiger partial charge in [0.05, 0.1) is 11.3 Å². The van der Waals surface area contributed by atoms with E-state index >= 15 is 0 Å². The molecule has 0 radical (unpaired) electrons. The van der Waals surface area contributed by atoms with Gasteiger partial charge in [-0.05, 0) is 81.3 Å². The van der Waals surface area contributed by atoms with Gasteiger partial charge >= 0.3 is 11.9 Å². The Balaban J connectivity index is 1.33. The van der Waals surface area contributed by atoms with Crippen LogP contribution in [0.4, 0.5) is 0 Å². The lowest BCUT2D eigenvalue weighted by Gasteiger charge is -2.55. The number of hydrogen-bond donors (Lipinski definition) is 0. The molecule has 5 aliphatic carbocycles. The van der Waals surface area contributed by atoms with E-state index in [9.17, 15) is 9.59 Å². The Kier molecular flexibility index (Phi) is 3.84. The molecular weight excluding hydrogens is 328 g/mol. The monoisotopic (exact) mass is 354 g/mol. The summed E-state index contributed by atoms with van der Waals surface area (Å²) >= 11 is 0. The summed E-state index contributed by atoms with van der Waals surface area (Å²) in [6.07, 6.45) is 9.68. The van der Waals surface area contributed by atoms with Crippen molar-refractivity contribution >= 4 is 11.9 Å². The fraction of sp³-hybridized carbons (Fsp3) is 0.636. The molecule has 26 heavy (non-hydrogen) atoms. The average molecular weight is 354 g/mol. The molecule has 0 amide bonds. The Morgan fingerprint density at radius 2 is 1.38 bits per heavy atom. The zero-order valence-corrected chi connectivity index (χ0v) is 15.1. The van der Waals surface area contributed by atoms with Crippen LogP contribution in [0.5, 0.6) is 11.5 Å². The molecule has 0 aliphatic heterocycles. The van der Waals surface area contributed by atoms with E-state index in [4.69, 9.17) is 9.47 Å². The van der Waals surface area contributed by atoms with Crippen LogP contribution in [-0.2, 0) is 9.59 Å². The number of benzene rings is 1. The van der Waals surface area contributed by atoms with Crippen molar-refractivity contribution < 1.29 is 19.1 Å². The van der Waals surface area contributed by atoms with Crippen LogP contribution in [0.3, 0.4) is 0 Å². The molecule has 4 nitrogen and oxygen atoms in total. The highest BCUT2D eigenvalue weighted by atomic mass is 16.6. The van der Waals surface area contributed by atoms with Crippen molar-refractivity contribution in [2.45, 2.75) is 57.8 Å². The second-order valence-corrected chi connectivity index (χ2v) is 9.08. The number of carbonyl (C=O) groups is 2. The lowest BCUT2D eigenvalue weighted by molar-refractivity contribution is -0.161. The van der Waals surface area contributed by atoms with Gasteiger partial charge in [-0.1, -0.05) is 18.6 Å². The Hall–Kier alpha value is -1.84. The molecule has 1 aromatic carbocycles. The summed E-state index contributed by atoms with van der Waals surface area (Å²) in [7, 11) is 0. The minimum atomic E-state index is -0.306. The lowest BCUT2D eigenvalue weighted by Crippen LogP contribution is -2.51. The van der Waals surface area contributed by atoms with Gasteiger partial charge in [0.1, 0.15) is 0 Å². The van der Waals surface area contributed by atoms with Gasteiger partial charge in [0.2, 0.25) is 0 Å². The highest BCUT2D eigenvalue weighted by molar-refractivity contribution is 5.81. The van der Waals surface area contributed by atoms with E-state index in [2.05, 4.69) is 0 Å². The van der Waals surface area contributed by atoms with Crippen molar-refractivity contribution in [3.63, 3.8) is 0 Å². The normalized spacial score (nSPS) is 35.0. The Morgan fingerprint density at radius 3 is 1.88 bits per heavy atom. The van der Waals surface area contributed by atoms with Crippen LogP contribution in [0.15, 0.2) is 24.3 Å². The van der Waals surface area contributed by atoms with Crippen LogP contribution in [0, 0.1) is 29.1 Å². The van der Waals surface area contributed by atoms with Gasteiger partial charge in [-0.3, -0.25) is 9.59 Å². The van der Waals surface area contributed by atoms with E-state index < -0.39 is 0 Å². The van der Waals surface area contributed by atoms with Crippen molar-refractivity contribution in [2.75, 3.05) is 0 Å². The molecule has 6 rings (SSSR count). The first-order valence-corrected chi connectivity index (χ1v) is 10.1. The zero-order chi connectivity index (χ0) is 17.7. The van der Waals surface area contributed by atoms with E-state index in [1.165, 1.54) is 19.3 Å². The standard InChI is InChI=1S/C22H26O4/c23-20(17-4-3-5-17)25-18-6-1-2-7-19(18)26-21(24)22-11-14-8-15(12-22)10-16(9-14)13-22/h1-2,6-7,14-17H,3-5,8-13H2. The first-order chi connectivity index (χ1) is 12.6. The molecule has 0 unspecified atom stereocenters. The molecule has 0 N–H and O–H groups in total. The summed E-state index contributed by atoms with van der Waals surface area (Å²) in [4.78, 5) is 25.3. The summed E-state index contributed by atoms with van der Waals surface area (Å²) in [6, 6.07) is 7.09. The van der Waals surface area contributed by atoms with Gasteiger partial charge in [0.25, 0.3) is 0 Å². The molecule has 4 heteroatoms. The minimum Gasteiger partial charge on any atom is -0.422 e. The number of rotatable bonds is 4. The number of esters is 2. The van der Waals surface area contributed by atoms with Crippen LogP contribution in [0.2, 0.25) is 0 Å². The summed E-state index contributed by atoms with van der Waals surface area (Å²) in [5, 5.41) is 0. The van der Waals surface area contributed by atoms with E-state index in [-0.39, 0.29) is 23.3 Å². The van der Waals surface area contributed by atoms with Gasteiger partial charge < -0.3 is 9.47 Å². The predicted octanol–water partition coefficient (Wildman–Crippen LogP) is 4.51. The third kappa shape index (κ3) is 2.74. The van der Waals surface area contributed by atoms with E-state index in [1.807, 2.05) is 12.1 Å². The number of para-hydroxylation sites is 2. The second-order valence-electron chi connectivity index (χ2n) is 9.08. The highest BCUT2D eigenvalue weighted by Crippen LogP contribution is 2.60. The molecule has 138 valence electrons. The van der Waals surface area contributed by atoms with Crippen LogP contribution >= 0.6 is 0 Å². The number of carbonyl (C=O) groups excluding carboxylic acids is 2. The van der Waals surface area contributed by atoms with Gasteiger partial charge in [-0.15, -0.1) is 0 Å². The Bertz CT molecular complexity index is 698. The molecule has 0 atom stereocenters. The lowest BCUT2D eigenvalue weighted by atomic mass is 9.49. The Morgan fingerprint density at radius 1 is 0.846 bits per heavy atom. The molecule has 1 aromatic rings. The first kappa shape index (κ1) is 16.3. The van der Waals surface area contributed by atoms with E-state index in [0.29, 0.717) is 29.3 Å². The number of hydrogen-bond acceptors (Lipinski definition) is 4. The van der Waals surface area contributed by atoms with Crippen LogP contribution in [0.1, 0.15) is 57.8 Å². The molecule has 5 aliphatic rings. The summed E-state index contributed by atoms with van der Waals surface area (Å²) < 4.78 is 11.4. The molecular formula is C22H26O4. The van der Waals surface area contributed by atoms with Crippen LogP contribution in [0.25, 0.3) is 0 Å². The van der Waals surface area contributed by atoms with Gasteiger partial charge in [-0.2, -0.15) is 0 Å². The topological polar surface area (TPSA) is 52.6 Å². The smallest absolute Gasteiger partial charge is 0.317 e. The van der Waals surface area contributed by atoms with Crippen LogP contribution < -0.4 is 9.47 Å². The van der Waals surface area contributed by atoms with Crippen molar-refractivity contribution in [3.8, 4) is 11.5 Å². The highest BCUT2D eigenvalue weighted by Gasteiger charge is 2.55. The maximum atomic E-state index is 13.1. The SMILES string of the molecule is O=C(Oc1ccccc1OC(=O)C12CC3CC(CC(C3)C1)C2)C1CCC1. The summed E-state index contributed by atoms with van der Waals surface area (Å²) in [6.45, 7) is 0. The summed E-state index contributed by atoms with van der Waals surface area (Å²) in [5.74, 6) is 2.55. The third-order valence-electron chi connectivity index (χ3n) is 7.17. The Labute approximate surface area is 154 Å². The molecule has 4 bridgehead atoms. The van der Waals surface area contributed by atoms with Crippen LogP contribution in [-0.4, -0.2) is 11.9 Å². The molecule has 0 spiro atoms. The maximum absolute atomic E-state index is 13.1. The fourth-order valence-corrected chi connectivity index (χ4v) is 6.02. The van der Waals surface area contributed by atoms with Gasteiger partial charge in [-0.25, -0.2) is 0 Å². The quantitative estimate of drug-likeness (QED) is 0.589.